The number of carbonyl (C=O) groups is 1. The highest BCUT2D eigenvalue weighted by Gasteiger charge is 2.40. The van der Waals surface area contributed by atoms with E-state index in [1.807, 2.05) is 40.8 Å². The second kappa shape index (κ2) is 12.9. The summed E-state index contributed by atoms with van der Waals surface area (Å²) >= 11 is 13.1. The van der Waals surface area contributed by atoms with Crippen LogP contribution in [0.3, 0.4) is 0 Å². The van der Waals surface area contributed by atoms with Gasteiger partial charge in [0.1, 0.15) is 23.1 Å². The number of nitrogens with zero attached hydrogens (tertiary/aromatic N) is 5. The molecule has 1 aromatic carbocycles. The molecule has 0 radical (unpaired) electrons. The fraction of sp³-hybridized carbons (Fsp3) is 0.533. The van der Waals surface area contributed by atoms with Crippen molar-refractivity contribution in [3.8, 4) is 28.5 Å². The molecule has 0 bridgehead atoms. The summed E-state index contributed by atoms with van der Waals surface area (Å²) in [5, 5.41) is 5.00. The van der Waals surface area contributed by atoms with E-state index < -0.39 is 26.1 Å². The molecular weight excluding hydrogens is 593 g/mol. The zero-order valence-electron chi connectivity index (χ0n) is 26.5. The van der Waals surface area contributed by atoms with E-state index in [0.717, 1.165) is 11.3 Å². The maximum atomic E-state index is 12.7. The molecule has 230 valence electrons. The lowest BCUT2D eigenvalue weighted by Gasteiger charge is -2.40. The Kier molecular flexibility index (Phi) is 10.4. The molecule has 0 fully saturated rings. The minimum atomic E-state index is -2.20. The second-order valence-corrected chi connectivity index (χ2v) is 18.5. The average Bonchev–Trinajstić information content (AvgIpc) is 3.28. The normalized spacial score (nSPS) is 13.2. The predicted molar refractivity (Wildman–Crippen MR) is 171 cm³/mol. The summed E-state index contributed by atoms with van der Waals surface area (Å²) in [5.74, 6) is 0.927. The fourth-order valence-electron chi connectivity index (χ4n) is 3.86. The summed E-state index contributed by atoms with van der Waals surface area (Å²) in [5.41, 5.74) is 2.19. The Morgan fingerprint density at radius 2 is 1.76 bits per heavy atom. The van der Waals surface area contributed by atoms with Gasteiger partial charge in [-0.15, -0.1) is 0 Å². The summed E-state index contributed by atoms with van der Waals surface area (Å²) in [4.78, 5) is 23.6. The molecule has 9 nitrogen and oxygen atoms in total. The van der Waals surface area contributed by atoms with E-state index in [9.17, 15) is 4.79 Å². The number of likely N-dealkylation sites (N-methyl/N-ethyl adjacent to an activating group) is 1. The molecule has 0 aliphatic carbocycles. The van der Waals surface area contributed by atoms with Gasteiger partial charge in [0.05, 0.1) is 29.1 Å². The third-order valence-electron chi connectivity index (χ3n) is 7.21. The number of amides is 1. The molecule has 1 unspecified atom stereocenters. The number of carbonyl (C=O) groups excluding carboxylic acids is 1. The molecule has 42 heavy (non-hydrogen) atoms. The van der Waals surface area contributed by atoms with Crippen LogP contribution in [0.2, 0.25) is 28.3 Å². The Labute approximate surface area is 260 Å². The van der Waals surface area contributed by atoms with Gasteiger partial charge in [-0.25, -0.2) is 14.8 Å². The van der Waals surface area contributed by atoms with Crippen molar-refractivity contribution in [2.45, 2.75) is 78.3 Å². The van der Waals surface area contributed by atoms with E-state index in [2.05, 4.69) is 43.9 Å². The Bertz CT molecular complexity index is 1420. The SMILES string of the molecule is Cc1c(Cl)nc(-c2cc(OCC(CN(C)C(=O)OC(C)(C)C)O[Si](C)(C)C(C)(C)C)ccc2Cl)nc1-c1ccnn1C. The van der Waals surface area contributed by atoms with Gasteiger partial charge in [-0.3, -0.25) is 4.68 Å². The van der Waals surface area contributed by atoms with Crippen LogP contribution >= 0.6 is 23.2 Å². The lowest BCUT2D eigenvalue weighted by molar-refractivity contribution is 0.0172. The molecule has 2 heterocycles. The number of rotatable bonds is 9. The average molecular weight is 637 g/mol. The summed E-state index contributed by atoms with van der Waals surface area (Å²) in [6, 6.07) is 7.18. The van der Waals surface area contributed by atoms with Crippen molar-refractivity contribution in [2.24, 2.45) is 7.05 Å². The molecule has 0 aliphatic heterocycles. The highest BCUT2D eigenvalue weighted by atomic mass is 35.5. The molecule has 1 atom stereocenters. The third-order valence-corrected chi connectivity index (χ3v) is 12.4. The maximum absolute atomic E-state index is 12.7. The van der Waals surface area contributed by atoms with Crippen LogP contribution < -0.4 is 4.74 Å². The zero-order chi connectivity index (χ0) is 31.6. The summed E-state index contributed by atoms with van der Waals surface area (Å²) in [6.07, 6.45) is 0.885. The molecule has 3 aromatic rings. The number of ether oxygens (including phenoxy) is 2. The molecule has 0 aliphatic rings. The van der Waals surface area contributed by atoms with Crippen LogP contribution in [0.15, 0.2) is 30.5 Å². The number of hydrogen-bond acceptors (Lipinski definition) is 7. The lowest BCUT2D eigenvalue weighted by atomic mass is 10.1. The molecular formula is C30H43Cl2N5O4Si. The van der Waals surface area contributed by atoms with Crippen molar-refractivity contribution in [3.05, 3.63) is 46.2 Å². The minimum Gasteiger partial charge on any atom is -0.491 e. The smallest absolute Gasteiger partial charge is 0.410 e. The molecule has 1 amide bonds. The molecule has 2 aromatic heterocycles. The first-order valence-corrected chi connectivity index (χ1v) is 17.5. The van der Waals surface area contributed by atoms with Crippen molar-refractivity contribution in [2.75, 3.05) is 20.2 Å². The number of aromatic nitrogens is 4. The van der Waals surface area contributed by atoms with E-state index in [1.54, 1.807) is 36.1 Å². The zero-order valence-corrected chi connectivity index (χ0v) is 29.0. The van der Waals surface area contributed by atoms with Gasteiger partial charge in [-0.1, -0.05) is 44.0 Å². The van der Waals surface area contributed by atoms with Crippen molar-refractivity contribution in [1.29, 1.82) is 0 Å². The standard InChI is InChI=1S/C30H43Cl2N5O4Si/c1-19-25(24-14-15-33-37(24)9)34-27(35-26(19)32)22-16-20(12-13-23(22)31)39-18-21(41-42(10,11)30(5,6)7)17-36(8)28(38)40-29(2,3)4/h12-16,21H,17-18H2,1-11H3. The van der Waals surface area contributed by atoms with Crippen LogP contribution in [-0.2, 0) is 16.2 Å². The molecule has 12 heteroatoms. The van der Waals surface area contributed by atoms with Crippen LogP contribution in [0.4, 0.5) is 4.79 Å². The molecule has 0 spiro atoms. The summed E-state index contributed by atoms with van der Waals surface area (Å²) in [7, 11) is 1.35. The maximum Gasteiger partial charge on any atom is 0.410 e. The quantitative estimate of drug-likeness (QED) is 0.175. The van der Waals surface area contributed by atoms with Crippen LogP contribution in [-0.4, -0.2) is 71.0 Å². The number of aryl methyl sites for hydroxylation is 1. The van der Waals surface area contributed by atoms with Gasteiger partial charge in [0.2, 0.25) is 0 Å². The second-order valence-electron chi connectivity index (χ2n) is 13.0. The van der Waals surface area contributed by atoms with Gasteiger partial charge in [-0.05, 0) is 70.1 Å². The van der Waals surface area contributed by atoms with E-state index in [1.165, 1.54) is 4.90 Å². The van der Waals surface area contributed by atoms with Crippen molar-refractivity contribution < 1.29 is 18.7 Å². The van der Waals surface area contributed by atoms with E-state index in [4.69, 9.17) is 42.1 Å². The number of benzene rings is 1. The van der Waals surface area contributed by atoms with Crippen molar-refractivity contribution >= 4 is 37.6 Å². The van der Waals surface area contributed by atoms with Crippen molar-refractivity contribution in [3.63, 3.8) is 0 Å². The van der Waals surface area contributed by atoms with Crippen LogP contribution in [0.1, 0.15) is 47.1 Å². The van der Waals surface area contributed by atoms with E-state index in [-0.39, 0.29) is 11.6 Å². The minimum absolute atomic E-state index is 0.0309. The predicted octanol–water partition coefficient (Wildman–Crippen LogP) is 7.80. The van der Waals surface area contributed by atoms with Crippen molar-refractivity contribution in [1.82, 2.24) is 24.6 Å². The first-order valence-electron chi connectivity index (χ1n) is 13.9. The summed E-state index contributed by atoms with van der Waals surface area (Å²) in [6.45, 7) is 18.8. The molecule has 0 saturated heterocycles. The lowest BCUT2D eigenvalue weighted by Crippen LogP contribution is -2.49. The van der Waals surface area contributed by atoms with Crippen LogP contribution in [0.5, 0.6) is 5.75 Å². The Balaban J connectivity index is 1.89. The van der Waals surface area contributed by atoms with Gasteiger partial charge >= 0.3 is 6.09 Å². The first-order chi connectivity index (χ1) is 19.3. The molecule has 3 rings (SSSR count). The highest BCUT2D eigenvalue weighted by Crippen LogP contribution is 2.38. The Hall–Kier alpha value is -2.66. The monoisotopic (exact) mass is 635 g/mol. The van der Waals surface area contributed by atoms with Gasteiger partial charge in [-0.2, -0.15) is 5.10 Å². The first kappa shape index (κ1) is 33.8. The third kappa shape index (κ3) is 8.46. The summed E-state index contributed by atoms with van der Waals surface area (Å²) < 4.78 is 20.2. The van der Waals surface area contributed by atoms with Gasteiger partial charge in [0, 0.05) is 31.4 Å². The Morgan fingerprint density at radius 3 is 2.33 bits per heavy atom. The Morgan fingerprint density at radius 1 is 1.10 bits per heavy atom. The number of halogens is 2. The topological polar surface area (TPSA) is 91.6 Å². The fourth-order valence-corrected chi connectivity index (χ4v) is 5.56. The molecule has 0 N–H and O–H groups in total. The van der Waals surface area contributed by atoms with Gasteiger partial charge in [0.15, 0.2) is 14.1 Å². The van der Waals surface area contributed by atoms with Gasteiger partial charge in [0.25, 0.3) is 0 Å². The van der Waals surface area contributed by atoms with E-state index in [0.29, 0.717) is 39.6 Å². The largest absolute Gasteiger partial charge is 0.491 e. The number of hydrogen-bond donors (Lipinski definition) is 0. The van der Waals surface area contributed by atoms with E-state index >= 15 is 0 Å². The molecule has 0 saturated carbocycles. The van der Waals surface area contributed by atoms with Gasteiger partial charge < -0.3 is 18.8 Å². The van der Waals surface area contributed by atoms with Crippen LogP contribution in [0, 0.1) is 6.92 Å². The van der Waals surface area contributed by atoms with Crippen LogP contribution in [0.25, 0.3) is 22.8 Å². The highest BCUT2D eigenvalue weighted by molar-refractivity contribution is 6.74.